The lowest BCUT2D eigenvalue weighted by Gasteiger charge is -2.26. The number of nitrogens with zero attached hydrogens (tertiary/aromatic N) is 2. The van der Waals surface area contributed by atoms with Crippen LogP contribution in [-0.2, 0) is 12.0 Å². The molecule has 0 radical (unpaired) electrons. The van der Waals surface area contributed by atoms with Gasteiger partial charge in [-0.15, -0.1) is 0 Å². The number of aromatic nitrogens is 1. The SMILES string of the molecule is Nc1ccc(CN2CC3(COc4cc5c(cc43)OCCO5)c3ccccc32)cn1. The van der Waals surface area contributed by atoms with Crippen LogP contribution in [0, 0.1) is 0 Å². The van der Waals surface area contributed by atoms with Crippen molar-refractivity contribution in [1.29, 1.82) is 0 Å². The van der Waals surface area contributed by atoms with Crippen LogP contribution in [0.15, 0.2) is 54.7 Å². The third kappa shape index (κ3) is 2.45. The van der Waals surface area contributed by atoms with E-state index < -0.39 is 0 Å². The van der Waals surface area contributed by atoms with Crippen molar-refractivity contribution in [3.8, 4) is 17.2 Å². The molecule has 1 atom stereocenters. The summed E-state index contributed by atoms with van der Waals surface area (Å²) in [6, 6.07) is 16.6. The van der Waals surface area contributed by atoms with Gasteiger partial charge in [-0.25, -0.2) is 4.98 Å². The van der Waals surface area contributed by atoms with Crippen molar-refractivity contribution in [2.75, 3.05) is 37.0 Å². The summed E-state index contributed by atoms with van der Waals surface area (Å²) in [6.45, 7) is 3.36. The van der Waals surface area contributed by atoms with Gasteiger partial charge in [-0.05, 0) is 29.3 Å². The number of fused-ring (bicyclic) bond motifs is 5. The first kappa shape index (κ1) is 16.5. The Bertz CT molecular complexity index is 1100. The zero-order valence-electron chi connectivity index (χ0n) is 15.9. The Morgan fingerprint density at radius 1 is 0.931 bits per heavy atom. The van der Waals surface area contributed by atoms with E-state index in [4.69, 9.17) is 19.9 Å². The van der Waals surface area contributed by atoms with E-state index in [1.165, 1.54) is 16.8 Å². The van der Waals surface area contributed by atoms with Gasteiger partial charge in [-0.3, -0.25) is 0 Å². The minimum Gasteiger partial charge on any atom is -0.492 e. The maximum Gasteiger partial charge on any atom is 0.165 e. The quantitative estimate of drug-likeness (QED) is 0.729. The van der Waals surface area contributed by atoms with Gasteiger partial charge in [-0.1, -0.05) is 24.3 Å². The third-order valence-corrected chi connectivity index (χ3v) is 6.08. The van der Waals surface area contributed by atoms with Gasteiger partial charge in [0.2, 0.25) is 0 Å². The van der Waals surface area contributed by atoms with Gasteiger partial charge in [0, 0.05) is 36.6 Å². The molecule has 3 aliphatic rings. The van der Waals surface area contributed by atoms with Crippen molar-refractivity contribution in [3.63, 3.8) is 0 Å². The first-order valence-electron chi connectivity index (χ1n) is 9.85. The Balaban J connectivity index is 1.43. The number of rotatable bonds is 2. The zero-order valence-corrected chi connectivity index (χ0v) is 15.9. The predicted octanol–water partition coefficient (Wildman–Crippen LogP) is 3.13. The number of nitrogen functional groups attached to an aromatic ring is 1. The minimum atomic E-state index is -0.219. The molecule has 2 N–H and O–H groups in total. The predicted molar refractivity (Wildman–Crippen MR) is 110 cm³/mol. The first-order chi connectivity index (χ1) is 14.2. The van der Waals surface area contributed by atoms with E-state index in [0.717, 1.165) is 35.9 Å². The number of pyridine rings is 1. The minimum absolute atomic E-state index is 0.219. The van der Waals surface area contributed by atoms with Crippen LogP contribution in [-0.4, -0.2) is 31.3 Å². The van der Waals surface area contributed by atoms with Gasteiger partial charge in [0.1, 0.15) is 31.4 Å². The van der Waals surface area contributed by atoms with E-state index >= 15 is 0 Å². The lowest BCUT2D eigenvalue weighted by molar-refractivity contribution is 0.171. The van der Waals surface area contributed by atoms with Crippen LogP contribution in [0.5, 0.6) is 17.2 Å². The molecule has 146 valence electrons. The van der Waals surface area contributed by atoms with Crippen LogP contribution < -0.4 is 24.8 Å². The van der Waals surface area contributed by atoms with Gasteiger partial charge < -0.3 is 24.8 Å². The highest BCUT2D eigenvalue weighted by molar-refractivity contribution is 5.70. The van der Waals surface area contributed by atoms with Gasteiger partial charge in [0.25, 0.3) is 0 Å². The highest BCUT2D eigenvalue weighted by Crippen LogP contribution is 2.54. The molecule has 4 heterocycles. The fourth-order valence-electron chi connectivity index (χ4n) is 4.74. The Kier molecular flexibility index (Phi) is 3.45. The monoisotopic (exact) mass is 387 g/mol. The average Bonchev–Trinajstić information content (AvgIpc) is 3.27. The van der Waals surface area contributed by atoms with Crippen LogP contribution in [0.1, 0.15) is 16.7 Å². The number of para-hydroxylation sites is 1. The summed E-state index contributed by atoms with van der Waals surface area (Å²) in [7, 11) is 0. The maximum absolute atomic E-state index is 6.18. The molecular formula is C23H21N3O3. The topological polar surface area (TPSA) is 69.8 Å². The van der Waals surface area contributed by atoms with Crippen molar-refractivity contribution >= 4 is 11.5 Å². The molecule has 0 amide bonds. The summed E-state index contributed by atoms with van der Waals surface area (Å²) in [5.74, 6) is 3.00. The molecule has 0 fully saturated rings. The molecule has 1 unspecified atom stereocenters. The summed E-state index contributed by atoms with van der Waals surface area (Å²) in [4.78, 5) is 6.65. The number of hydrogen-bond donors (Lipinski definition) is 1. The number of benzene rings is 2. The average molecular weight is 387 g/mol. The van der Waals surface area contributed by atoms with E-state index in [9.17, 15) is 0 Å². The number of nitrogens with two attached hydrogens (primary N) is 1. The summed E-state index contributed by atoms with van der Waals surface area (Å²) in [5, 5.41) is 0. The highest BCUT2D eigenvalue weighted by atomic mass is 16.6. The summed E-state index contributed by atoms with van der Waals surface area (Å²) in [6.07, 6.45) is 1.85. The van der Waals surface area contributed by atoms with E-state index in [0.29, 0.717) is 25.6 Å². The second-order valence-corrected chi connectivity index (χ2v) is 7.83. The van der Waals surface area contributed by atoms with E-state index in [-0.39, 0.29) is 5.41 Å². The van der Waals surface area contributed by atoms with E-state index in [1.54, 1.807) is 0 Å². The summed E-state index contributed by atoms with van der Waals surface area (Å²) in [5.41, 5.74) is 10.4. The van der Waals surface area contributed by atoms with E-state index in [1.807, 2.05) is 24.4 Å². The van der Waals surface area contributed by atoms with Crippen molar-refractivity contribution in [2.24, 2.45) is 0 Å². The van der Waals surface area contributed by atoms with Crippen LogP contribution in [0.3, 0.4) is 0 Å². The number of ether oxygens (including phenoxy) is 3. The normalized spacial score (nSPS) is 21.0. The van der Waals surface area contributed by atoms with Gasteiger partial charge in [0.05, 0.1) is 5.41 Å². The molecule has 0 saturated carbocycles. The molecule has 2 aromatic carbocycles. The first-order valence-corrected chi connectivity index (χ1v) is 9.85. The van der Waals surface area contributed by atoms with Gasteiger partial charge in [-0.2, -0.15) is 0 Å². The molecular weight excluding hydrogens is 366 g/mol. The molecule has 3 aliphatic heterocycles. The molecule has 0 bridgehead atoms. The van der Waals surface area contributed by atoms with Crippen LogP contribution in [0.25, 0.3) is 0 Å². The Hall–Kier alpha value is -3.41. The summed E-state index contributed by atoms with van der Waals surface area (Å²) >= 11 is 0. The van der Waals surface area contributed by atoms with Crippen LogP contribution in [0.2, 0.25) is 0 Å². The smallest absolute Gasteiger partial charge is 0.165 e. The van der Waals surface area contributed by atoms with E-state index in [2.05, 4.69) is 40.2 Å². The molecule has 6 nitrogen and oxygen atoms in total. The lowest BCUT2D eigenvalue weighted by atomic mass is 9.77. The van der Waals surface area contributed by atoms with Crippen molar-refractivity contribution in [2.45, 2.75) is 12.0 Å². The van der Waals surface area contributed by atoms with Crippen molar-refractivity contribution in [3.05, 3.63) is 71.4 Å². The molecule has 29 heavy (non-hydrogen) atoms. The molecule has 1 spiro atoms. The standard InChI is InChI=1S/C23H21N3O3/c24-22-6-5-15(11-25-22)12-26-13-23(16-3-1-2-4-18(16)26)14-29-19-10-21-20(9-17(19)23)27-7-8-28-21/h1-6,9-11H,7-8,12-14H2,(H2,24,25). The molecule has 0 saturated heterocycles. The number of hydrogen-bond acceptors (Lipinski definition) is 6. The Labute approximate surface area is 168 Å². The zero-order chi connectivity index (χ0) is 19.4. The lowest BCUT2D eigenvalue weighted by Crippen LogP contribution is -2.36. The number of anilines is 2. The molecule has 6 heteroatoms. The molecule has 3 aromatic rings. The van der Waals surface area contributed by atoms with Gasteiger partial charge >= 0.3 is 0 Å². The fraction of sp³-hybridized carbons (Fsp3) is 0.261. The Morgan fingerprint density at radius 2 is 1.76 bits per heavy atom. The fourth-order valence-corrected chi connectivity index (χ4v) is 4.74. The largest absolute Gasteiger partial charge is 0.492 e. The second-order valence-electron chi connectivity index (χ2n) is 7.83. The van der Waals surface area contributed by atoms with Crippen molar-refractivity contribution in [1.82, 2.24) is 4.98 Å². The highest BCUT2D eigenvalue weighted by Gasteiger charge is 2.50. The van der Waals surface area contributed by atoms with Crippen LogP contribution >= 0.6 is 0 Å². The third-order valence-electron chi connectivity index (χ3n) is 6.08. The molecule has 0 aliphatic carbocycles. The molecule has 6 rings (SSSR count). The van der Waals surface area contributed by atoms with Crippen LogP contribution in [0.4, 0.5) is 11.5 Å². The maximum atomic E-state index is 6.18. The second kappa shape index (κ2) is 6.04. The Morgan fingerprint density at radius 3 is 2.59 bits per heavy atom. The molecule has 1 aromatic heterocycles. The summed E-state index contributed by atoms with van der Waals surface area (Å²) < 4.78 is 17.8. The van der Waals surface area contributed by atoms with Gasteiger partial charge in [0.15, 0.2) is 11.5 Å². The van der Waals surface area contributed by atoms with Crippen molar-refractivity contribution < 1.29 is 14.2 Å².